The Labute approximate surface area is 160 Å². The maximum Gasteiger partial charge on any atom is 0.257 e. The molecule has 2 amide bonds. The number of amides is 2. The van der Waals surface area contributed by atoms with Gasteiger partial charge in [-0.3, -0.25) is 14.9 Å². The average molecular weight is 379 g/mol. The highest BCUT2D eigenvalue weighted by Gasteiger charge is 2.13. The molecule has 0 aliphatic carbocycles. The monoisotopic (exact) mass is 379 g/mol. The van der Waals surface area contributed by atoms with Crippen LogP contribution in [0.1, 0.15) is 26.5 Å². The lowest BCUT2D eigenvalue weighted by molar-refractivity contribution is -0.120. The fraction of sp³-hybridized carbons (Fsp3) is 0.105. The lowest BCUT2D eigenvalue weighted by Gasteiger charge is -2.03. The van der Waals surface area contributed by atoms with Crippen LogP contribution in [0.3, 0.4) is 0 Å². The van der Waals surface area contributed by atoms with E-state index in [1.807, 2.05) is 49.4 Å². The molecule has 0 radical (unpaired) electrons. The predicted molar refractivity (Wildman–Crippen MR) is 105 cm³/mol. The molecule has 0 saturated heterocycles. The van der Waals surface area contributed by atoms with Crippen LogP contribution in [-0.2, 0) is 11.2 Å². The van der Waals surface area contributed by atoms with Gasteiger partial charge in [0, 0.05) is 5.56 Å². The van der Waals surface area contributed by atoms with E-state index in [9.17, 15) is 9.59 Å². The number of carbonyl (C=O) groups excluding carboxylic acids is 2. The number of rotatable bonds is 6. The number of anilines is 1. The van der Waals surface area contributed by atoms with Gasteiger partial charge in [0.05, 0.1) is 12.6 Å². The van der Waals surface area contributed by atoms with E-state index in [0.29, 0.717) is 15.7 Å². The number of nitrogens with one attached hydrogen (secondary N) is 2. The fourth-order valence-electron chi connectivity index (χ4n) is 2.26. The number of hydrogen-bond donors (Lipinski definition) is 2. The smallest absolute Gasteiger partial charge is 0.257 e. The van der Waals surface area contributed by atoms with Crippen molar-refractivity contribution in [3.05, 3.63) is 76.3 Å². The Hall–Kier alpha value is -3.39. The quantitative estimate of drug-likeness (QED) is 0.508. The summed E-state index contributed by atoms with van der Waals surface area (Å²) in [5.41, 5.74) is 4.77. The summed E-state index contributed by atoms with van der Waals surface area (Å²) in [6, 6.07) is 16.7. The third-order valence-electron chi connectivity index (χ3n) is 3.59. The van der Waals surface area contributed by atoms with Gasteiger partial charge in [0.2, 0.25) is 11.0 Å². The summed E-state index contributed by atoms with van der Waals surface area (Å²) in [5.74, 6) is -0.567. The van der Waals surface area contributed by atoms with Crippen molar-refractivity contribution in [3.8, 4) is 0 Å². The first-order valence-electron chi connectivity index (χ1n) is 8.18. The number of benzene rings is 2. The minimum atomic E-state index is -0.310. The van der Waals surface area contributed by atoms with Gasteiger partial charge in [0.25, 0.3) is 5.91 Å². The van der Waals surface area contributed by atoms with Gasteiger partial charge in [0.1, 0.15) is 5.01 Å². The predicted octanol–water partition coefficient (Wildman–Crippen LogP) is 2.79. The number of nitrogens with zero attached hydrogens (tertiary/aromatic N) is 3. The molecular formula is C19H17N5O2S. The Balaban J connectivity index is 1.53. The van der Waals surface area contributed by atoms with Crippen LogP contribution < -0.4 is 10.7 Å². The average Bonchev–Trinajstić information content (AvgIpc) is 3.09. The molecule has 136 valence electrons. The second-order valence-corrected chi connectivity index (χ2v) is 6.71. The number of hydrogen-bond acceptors (Lipinski definition) is 6. The topological polar surface area (TPSA) is 96.3 Å². The van der Waals surface area contributed by atoms with Gasteiger partial charge in [0.15, 0.2) is 0 Å². The summed E-state index contributed by atoms with van der Waals surface area (Å²) < 4.78 is 0. The molecule has 2 aromatic carbocycles. The summed E-state index contributed by atoms with van der Waals surface area (Å²) >= 11 is 1.15. The summed E-state index contributed by atoms with van der Waals surface area (Å²) in [5, 5.41) is 15.3. The van der Waals surface area contributed by atoms with E-state index in [-0.39, 0.29) is 18.2 Å². The molecule has 2 N–H and O–H groups in total. The maximum absolute atomic E-state index is 12.3. The lowest BCUT2D eigenvalue weighted by Crippen LogP contribution is -2.19. The van der Waals surface area contributed by atoms with Crippen molar-refractivity contribution < 1.29 is 9.59 Å². The number of hydrazone groups is 1. The zero-order valence-corrected chi connectivity index (χ0v) is 15.4. The van der Waals surface area contributed by atoms with Crippen molar-refractivity contribution in [1.29, 1.82) is 0 Å². The fourth-order valence-corrected chi connectivity index (χ4v) is 3.00. The molecule has 8 heteroatoms. The number of aromatic nitrogens is 2. The SMILES string of the molecule is Cc1ccccc1C(=O)Nc1nnc(CC(=O)N/N=C/c2ccccc2)s1. The van der Waals surface area contributed by atoms with Crippen molar-refractivity contribution in [1.82, 2.24) is 15.6 Å². The Morgan fingerprint density at radius 1 is 1.07 bits per heavy atom. The Morgan fingerprint density at radius 2 is 1.81 bits per heavy atom. The van der Waals surface area contributed by atoms with Crippen LogP contribution in [-0.4, -0.2) is 28.2 Å². The largest absolute Gasteiger partial charge is 0.296 e. The molecule has 0 unspecified atom stereocenters. The molecule has 0 aliphatic heterocycles. The third kappa shape index (κ3) is 5.29. The molecule has 1 aromatic heterocycles. The zero-order valence-electron chi connectivity index (χ0n) is 14.5. The van der Waals surface area contributed by atoms with Gasteiger partial charge in [-0.1, -0.05) is 59.9 Å². The van der Waals surface area contributed by atoms with E-state index in [4.69, 9.17) is 0 Å². The van der Waals surface area contributed by atoms with Crippen molar-refractivity contribution in [2.45, 2.75) is 13.3 Å². The first-order valence-corrected chi connectivity index (χ1v) is 9.00. The van der Waals surface area contributed by atoms with Gasteiger partial charge >= 0.3 is 0 Å². The van der Waals surface area contributed by atoms with Crippen molar-refractivity contribution in [2.24, 2.45) is 5.10 Å². The first-order chi connectivity index (χ1) is 13.1. The normalized spacial score (nSPS) is 10.7. The van der Waals surface area contributed by atoms with Crippen LogP contribution in [0.25, 0.3) is 0 Å². The van der Waals surface area contributed by atoms with Crippen LogP contribution in [0.2, 0.25) is 0 Å². The molecule has 0 bridgehead atoms. The molecule has 3 aromatic rings. The van der Waals surface area contributed by atoms with Crippen LogP contribution in [0.5, 0.6) is 0 Å². The zero-order chi connectivity index (χ0) is 19.1. The molecule has 0 aliphatic rings. The minimum Gasteiger partial charge on any atom is -0.296 e. The molecule has 27 heavy (non-hydrogen) atoms. The molecule has 7 nitrogen and oxygen atoms in total. The second kappa shape index (κ2) is 8.81. The lowest BCUT2D eigenvalue weighted by atomic mass is 10.1. The second-order valence-electron chi connectivity index (χ2n) is 5.65. The summed E-state index contributed by atoms with van der Waals surface area (Å²) in [7, 11) is 0. The van der Waals surface area contributed by atoms with E-state index < -0.39 is 0 Å². The van der Waals surface area contributed by atoms with Crippen LogP contribution in [0.4, 0.5) is 5.13 Å². The van der Waals surface area contributed by atoms with Crippen LogP contribution in [0.15, 0.2) is 59.7 Å². The van der Waals surface area contributed by atoms with Crippen molar-refractivity contribution >= 4 is 34.5 Å². The Kier molecular flexibility index (Phi) is 6.01. The highest BCUT2D eigenvalue weighted by Crippen LogP contribution is 2.17. The summed E-state index contributed by atoms with van der Waals surface area (Å²) in [6.07, 6.45) is 1.59. The molecular weight excluding hydrogens is 362 g/mol. The third-order valence-corrected chi connectivity index (χ3v) is 4.43. The standard InChI is InChI=1S/C19H17N5O2S/c1-13-7-5-6-10-15(13)18(26)21-19-24-23-17(27-19)11-16(25)22-20-12-14-8-3-2-4-9-14/h2-10,12H,11H2,1H3,(H,22,25)(H,21,24,26)/b20-12+. The minimum absolute atomic E-state index is 0.0318. The van der Waals surface area contributed by atoms with E-state index >= 15 is 0 Å². The van der Waals surface area contributed by atoms with Crippen molar-refractivity contribution in [2.75, 3.05) is 5.32 Å². The van der Waals surface area contributed by atoms with Gasteiger partial charge in [-0.05, 0) is 24.1 Å². The summed E-state index contributed by atoms with van der Waals surface area (Å²) in [6.45, 7) is 1.86. The first kappa shape index (κ1) is 18.4. The van der Waals surface area contributed by atoms with E-state index in [1.165, 1.54) is 0 Å². The summed E-state index contributed by atoms with van der Waals surface area (Å²) in [4.78, 5) is 24.2. The van der Waals surface area contributed by atoms with Gasteiger partial charge in [-0.25, -0.2) is 5.43 Å². The molecule has 0 fully saturated rings. The van der Waals surface area contributed by atoms with Crippen LogP contribution >= 0.6 is 11.3 Å². The Morgan fingerprint density at radius 3 is 2.59 bits per heavy atom. The highest BCUT2D eigenvalue weighted by atomic mass is 32.1. The van der Waals surface area contributed by atoms with Crippen molar-refractivity contribution in [3.63, 3.8) is 0 Å². The number of aryl methyl sites for hydroxylation is 1. The van der Waals surface area contributed by atoms with E-state index in [1.54, 1.807) is 18.3 Å². The van der Waals surface area contributed by atoms with Gasteiger partial charge < -0.3 is 0 Å². The highest BCUT2D eigenvalue weighted by molar-refractivity contribution is 7.15. The maximum atomic E-state index is 12.3. The van der Waals surface area contributed by atoms with E-state index in [2.05, 4.69) is 26.0 Å². The number of carbonyl (C=O) groups is 2. The molecule has 0 saturated carbocycles. The van der Waals surface area contributed by atoms with Crippen LogP contribution in [0, 0.1) is 6.92 Å². The molecule has 1 heterocycles. The van der Waals surface area contributed by atoms with Gasteiger partial charge in [-0.15, -0.1) is 10.2 Å². The van der Waals surface area contributed by atoms with E-state index in [0.717, 1.165) is 22.5 Å². The molecule has 0 atom stereocenters. The molecule has 3 rings (SSSR count). The Bertz CT molecular complexity index is 969. The molecule has 0 spiro atoms. The van der Waals surface area contributed by atoms with Gasteiger partial charge in [-0.2, -0.15) is 5.10 Å².